The molecule has 1 aliphatic heterocycles. The van der Waals surface area contributed by atoms with E-state index in [2.05, 4.69) is 4.98 Å². The van der Waals surface area contributed by atoms with Crippen molar-refractivity contribution in [1.29, 1.82) is 0 Å². The lowest BCUT2D eigenvalue weighted by Gasteiger charge is -2.16. The number of aromatic nitrogens is 1. The molecule has 0 spiro atoms. The zero-order valence-electron chi connectivity index (χ0n) is 9.94. The van der Waals surface area contributed by atoms with Crippen molar-refractivity contribution < 1.29 is 9.18 Å². The van der Waals surface area contributed by atoms with Crippen LogP contribution in [0.3, 0.4) is 0 Å². The molecule has 0 saturated heterocycles. The molecule has 0 radical (unpaired) electrons. The van der Waals surface area contributed by atoms with E-state index in [0.29, 0.717) is 17.3 Å². The molecule has 1 aromatic heterocycles. The maximum absolute atomic E-state index is 13.3. The van der Waals surface area contributed by atoms with E-state index in [1.54, 1.807) is 12.1 Å². The summed E-state index contributed by atoms with van der Waals surface area (Å²) in [7, 11) is 0. The molecule has 5 heteroatoms. The lowest BCUT2D eigenvalue weighted by molar-refractivity contribution is 0.0984. The quantitative estimate of drug-likeness (QED) is 0.802. The van der Waals surface area contributed by atoms with Crippen molar-refractivity contribution in [3.05, 3.63) is 58.6 Å². The van der Waals surface area contributed by atoms with Crippen LogP contribution in [0.1, 0.15) is 16.1 Å². The fraction of sp³-hybridized carbons (Fsp3) is 0.143. The molecular formula is C14H10ClFN2O. The highest BCUT2D eigenvalue weighted by Crippen LogP contribution is 2.29. The Balaban J connectivity index is 1.97. The molecule has 96 valence electrons. The summed E-state index contributed by atoms with van der Waals surface area (Å²) in [6, 6.07) is 7.62. The van der Waals surface area contributed by atoms with Gasteiger partial charge in [-0.15, -0.1) is 0 Å². The van der Waals surface area contributed by atoms with Crippen molar-refractivity contribution in [1.82, 2.24) is 4.98 Å². The van der Waals surface area contributed by atoms with Crippen molar-refractivity contribution >= 4 is 23.2 Å². The molecule has 0 N–H and O–H groups in total. The third kappa shape index (κ3) is 2.19. The fourth-order valence-electron chi connectivity index (χ4n) is 2.22. The molecule has 1 amide bonds. The monoisotopic (exact) mass is 276 g/mol. The smallest absolute Gasteiger partial charge is 0.276 e. The summed E-state index contributed by atoms with van der Waals surface area (Å²) >= 11 is 5.85. The van der Waals surface area contributed by atoms with Crippen molar-refractivity contribution in [3.8, 4) is 0 Å². The van der Waals surface area contributed by atoms with Crippen LogP contribution in [0.2, 0.25) is 5.02 Å². The summed E-state index contributed by atoms with van der Waals surface area (Å²) in [6.07, 6.45) is 2.21. The zero-order chi connectivity index (χ0) is 13.4. The molecule has 0 atom stereocenters. The normalized spacial score (nSPS) is 13.5. The number of rotatable bonds is 1. The Morgan fingerprint density at radius 1 is 1.32 bits per heavy atom. The van der Waals surface area contributed by atoms with E-state index in [1.165, 1.54) is 29.3 Å². The number of halogens is 2. The van der Waals surface area contributed by atoms with Crippen molar-refractivity contribution in [2.45, 2.75) is 6.42 Å². The number of hydrogen-bond donors (Lipinski definition) is 0. The molecule has 2 aromatic rings. The highest BCUT2D eigenvalue weighted by atomic mass is 35.5. The predicted molar refractivity (Wildman–Crippen MR) is 71.0 cm³/mol. The Labute approximate surface area is 114 Å². The largest absolute Gasteiger partial charge is 0.306 e. The van der Waals surface area contributed by atoms with E-state index in [-0.39, 0.29) is 17.4 Å². The van der Waals surface area contributed by atoms with Crippen LogP contribution >= 0.6 is 11.6 Å². The summed E-state index contributed by atoms with van der Waals surface area (Å²) < 4.78 is 13.3. The number of benzene rings is 1. The van der Waals surface area contributed by atoms with Gasteiger partial charge in [-0.2, -0.15) is 0 Å². The summed E-state index contributed by atoms with van der Waals surface area (Å²) in [5, 5.41) is 0.456. The van der Waals surface area contributed by atoms with Crippen LogP contribution in [-0.4, -0.2) is 17.4 Å². The van der Waals surface area contributed by atoms with Crippen molar-refractivity contribution in [2.24, 2.45) is 0 Å². The number of fused-ring (bicyclic) bond motifs is 1. The Morgan fingerprint density at radius 3 is 2.95 bits per heavy atom. The van der Waals surface area contributed by atoms with Gasteiger partial charge in [-0.05, 0) is 36.2 Å². The molecule has 1 aromatic carbocycles. The Bertz CT molecular complexity index is 660. The standard InChI is InChI=1S/C14H10ClFN2O/c15-10-3-5-17-12(7-10)14(19)18-6-4-9-1-2-11(16)8-13(9)18/h1-3,5,7-8H,4,6H2. The van der Waals surface area contributed by atoms with Gasteiger partial charge < -0.3 is 4.90 Å². The summed E-state index contributed by atoms with van der Waals surface area (Å²) in [5.74, 6) is -0.607. The third-order valence-corrected chi connectivity index (χ3v) is 3.36. The van der Waals surface area contributed by atoms with Gasteiger partial charge in [-0.1, -0.05) is 17.7 Å². The third-order valence-electron chi connectivity index (χ3n) is 3.13. The summed E-state index contributed by atoms with van der Waals surface area (Å²) in [6.45, 7) is 0.534. The van der Waals surface area contributed by atoms with Gasteiger partial charge in [0.15, 0.2) is 0 Å². The Hall–Kier alpha value is -1.94. The molecule has 0 saturated carbocycles. The number of carbonyl (C=O) groups excluding carboxylic acids is 1. The lowest BCUT2D eigenvalue weighted by Crippen LogP contribution is -2.29. The van der Waals surface area contributed by atoms with Crippen LogP contribution in [0.25, 0.3) is 0 Å². The van der Waals surface area contributed by atoms with Crippen LogP contribution in [0, 0.1) is 5.82 Å². The van der Waals surface area contributed by atoms with Crippen LogP contribution in [0.5, 0.6) is 0 Å². The second-order valence-corrected chi connectivity index (χ2v) is 4.78. The van der Waals surface area contributed by atoms with Crippen molar-refractivity contribution in [3.63, 3.8) is 0 Å². The molecule has 19 heavy (non-hydrogen) atoms. The molecule has 0 aliphatic carbocycles. The van der Waals surface area contributed by atoms with E-state index >= 15 is 0 Å². The van der Waals surface area contributed by atoms with Gasteiger partial charge >= 0.3 is 0 Å². The molecular weight excluding hydrogens is 267 g/mol. The highest BCUT2D eigenvalue weighted by molar-refractivity contribution is 6.31. The molecule has 1 aliphatic rings. The zero-order valence-corrected chi connectivity index (χ0v) is 10.7. The first kappa shape index (κ1) is 12.1. The van der Waals surface area contributed by atoms with Gasteiger partial charge in [-0.25, -0.2) is 4.39 Å². The minimum atomic E-state index is -0.350. The molecule has 3 rings (SSSR count). The first-order valence-electron chi connectivity index (χ1n) is 5.87. The van der Waals surface area contributed by atoms with E-state index in [0.717, 1.165) is 12.0 Å². The second-order valence-electron chi connectivity index (χ2n) is 4.34. The average molecular weight is 277 g/mol. The minimum Gasteiger partial charge on any atom is -0.306 e. The summed E-state index contributed by atoms with van der Waals surface area (Å²) in [4.78, 5) is 17.9. The van der Waals surface area contributed by atoms with E-state index in [1.807, 2.05) is 0 Å². The Morgan fingerprint density at radius 2 is 2.16 bits per heavy atom. The van der Waals surface area contributed by atoms with E-state index in [4.69, 9.17) is 11.6 Å². The van der Waals surface area contributed by atoms with Gasteiger partial charge in [-0.3, -0.25) is 9.78 Å². The number of anilines is 1. The first-order chi connectivity index (χ1) is 9.15. The minimum absolute atomic E-state index is 0.258. The maximum Gasteiger partial charge on any atom is 0.276 e. The predicted octanol–water partition coefficient (Wildman–Crippen LogP) is 3.08. The molecule has 0 unspecified atom stereocenters. The number of hydrogen-bond acceptors (Lipinski definition) is 2. The van der Waals surface area contributed by atoms with Gasteiger partial charge in [0.1, 0.15) is 11.5 Å². The first-order valence-corrected chi connectivity index (χ1v) is 6.25. The van der Waals surface area contributed by atoms with E-state index in [9.17, 15) is 9.18 Å². The van der Waals surface area contributed by atoms with Crippen LogP contribution in [0.15, 0.2) is 36.5 Å². The number of pyridine rings is 1. The van der Waals surface area contributed by atoms with Crippen molar-refractivity contribution in [2.75, 3.05) is 11.4 Å². The SMILES string of the molecule is O=C(c1cc(Cl)ccn1)N1CCc2ccc(F)cc21. The topological polar surface area (TPSA) is 33.2 Å². The number of amides is 1. The van der Waals surface area contributed by atoms with Crippen LogP contribution in [-0.2, 0) is 6.42 Å². The Kier molecular flexibility index (Phi) is 2.95. The maximum atomic E-state index is 13.3. The van der Waals surface area contributed by atoms with Crippen LogP contribution < -0.4 is 4.90 Å². The highest BCUT2D eigenvalue weighted by Gasteiger charge is 2.26. The second kappa shape index (κ2) is 4.63. The van der Waals surface area contributed by atoms with Gasteiger partial charge in [0, 0.05) is 17.8 Å². The molecule has 2 heterocycles. The van der Waals surface area contributed by atoms with Gasteiger partial charge in [0.2, 0.25) is 0 Å². The lowest BCUT2D eigenvalue weighted by atomic mass is 10.1. The molecule has 0 fully saturated rings. The van der Waals surface area contributed by atoms with Gasteiger partial charge in [0.05, 0.1) is 5.69 Å². The van der Waals surface area contributed by atoms with Crippen LogP contribution in [0.4, 0.5) is 10.1 Å². The fourth-order valence-corrected chi connectivity index (χ4v) is 2.38. The van der Waals surface area contributed by atoms with E-state index < -0.39 is 0 Å². The molecule has 0 bridgehead atoms. The summed E-state index contributed by atoms with van der Waals surface area (Å²) in [5.41, 5.74) is 1.85. The average Bonchev–Trinajstić information content (AvgIpc) is 2.80. The number of carbonyl (C=O) groups is 1. The number of nitrogens with zero attached hydrogens (tertiary/aromatic N) is 2. The van der Waals surface area contributed by atoms with Gasteiger partial charge in [0.25, 0.3) is 5.91 Å². The molecule has 3 nitrogen and oxygen atoms in total.